The van der Waals surface area contributed by atoms with Crippen LogP contribution in [0.5, 0.6) is 17.2 Å². The average molecular weight is 416 g/mol. The molecular weight excluding hydrogens is 397 g/mol. The number of hydrogen-bond acceptors (Lipinski definition) is 3. The molecule has 0 aliphatic heterocycles. The van der Waals surface area contributed by atoms with E-state index in [4.69, 9.17) is 32.7 Å². The summed E-state index contributed by atoms with van der Waals surface area (Å²) in [7, 11) is 0. The van der Waals surface area contributed by atoms with Gasteiger partial charge in [0.1, 0.15) is 11.5 Å². The Labute approximate surface area is 174 Å². The van der Waals surface area contributed by atoms with Crippen LogP contribution in [-0.4, -0.2) is 12.0 Å². The highest BCUT2D eigenvalue weighted by atomic mass is 35.5. The van der Waals surface area contributed by atoms with Gasteiger partial charge in [-0.05, 0) is 48.9 Å². The number of hydrogen-bond donors (Lipinski definition) is 1. The van der Waals surface area contributed by atoms with E-state index in [1.54, 1.807) is 42.5 Å². The van der Waals surface area contributed by atoms with Gasteiger partial charge in [0.25, 0.3) is 5.91 Å². The minimum absolute atomic E-state index is 0.317. The normalized spacial score (nSPS) is 11.5. The summed E-state index contributed by atoms with van der Waals surface area (Å²) in [6, 6.07) is 21.4. The van der Waals surface area contributed by atoms with Crippen LogP contribution in [0.2, 0.25) is 10.0 Å². The van der Waals surface area contributed by atoms with Crippen molar-refractivity contribution in [3.63, 3.8) is 0 Å². The number of ether oxygens (including phenoxy) is 2. The van der Waals surface area contributed by atoms with Gasteiger partial charge < -0.3 is 14.8 Å². The smallest absolute Gasteiger partial charge is 0.265 e. The monoisotopic (exact) mass is 415 g/mol. The predicted octanol–water partition coefficient (Wildman–Crippen LogP) is 6.58. The maximum Gasteiger partial charge on any atom is 0.265 e. The molecule has 1 N–H and O–H groups in total. The van der Waals surface area contributed by atoms with E-state index in [1.807, 2.05) is 37.3 Å². The van der Waals surface area contributed by atoms with Crippen molar-refractivity contribution >= 4 is 34.8 Å². The fourth-order valence-electron chi connectivity index (χ4n) is 2.53. The molecule has 0 aromatic heterocycles. The number of para-hydroxylation sites is 2. The molecule has 3 aromatic rings. The Hall–Kier alpha value is -2.69. The number of rotatable bonds is 7. The summed E-state index contributed by atoms with van der Waals surface area (Å²) < 4.78 is 11.7. The van der Waals surface area contributed by atoms with Crippen molar-refractivity contribution in [3.8, 4) is 17.2 Å². The lowest BCUT2D eigenvalue weighted by Crippen LogP contribution is -2.32. The second kappa shape index (κ2) is 9.49. The maximum absolute atomic E-state index is 12.8. The third-order valence-electron chi connectivity index (χ3n) is 3.94. The molecular formula is C22H19Cl2NO3. The van der Waals surface area contributed by atoms with Crippen molar-refractivity contribution < 1.29 is 14.3 Å². The van der Waals surface area contributed by atoms with Gasteiger partial charge in [-0.3, -0.25) is 4.79 Å². The van der Waals surface area contributed by atoms with E-state index in [1.165, 1.54) is 0 Å². The average Bonchev–Trinajstić information content (AvgIpc) is 2.70. The standard InChI is InChI=1S/C22H19Cl2NO3/c1-2-19(28-20-11-7-6-10-17(20)24)22(26)25-18-14-15(23)12-13-21(18)27-16-8-4-3-5-9-16/h3-14,19H,2H2,1H3,(H,25,26)/t19-/m1/s1. The lowest BCUT2D eigenvalue weighted by molar-refractivity contribution is -0.122. The highest BCUT2D eigenvalue weighted by Gasteiger charge is 2.21. The first-order valence-electron chi connectivity index (χ1n) is 8.81. The van der Waals surface area contributed by atoms with Gasteiger partial charge in [0.15, 0.2) is 11.9 Å². The molecule has 4 nitrogen and oxygen atoms in total. The van der Waals surface area contributed by atoms with Crippen LogP contribution >= 0.6 is 23.2 Å². The minimum Gasteiger partial charge on any atom is -0.479 e. The molecule has 144 valence electrons. The second-order valence-electron chi connectivity index (χ2n) is 5.99. The van der Waals surface area contributed by atoms with E-state index in [-0.39, 0.29) is 5.91 Å². The molecule has 1 atom stereocenters. The number of anilines is 1. The van der Waals surface area contributed by atoms with Crippen LogP contribution in [0.3, 0.4) is 0 Å². The van der Waals surface area contributed by atoms with Crippen molar-refractivity contribution in [1.29, 1.82) is 0 Å². The van der Waals surface area contributed by atoms with E-state index < -0.39 is 6.10 Å². The molecule has 0 bridgehead atoms. The number of carbonyl (C=O) groups excluding carboxylic acids is 1. The van der Waals surface area contributed by atoms with Gasteiger partial charge in [-0.25, -0.2) is 0 Å². The molecule has 0 radical (unpaired) electrons. The molecule has 6 heteroatoms. The van der Waals surface area contributed by atoms with Gasteiger partial charge in [0, 0.05) is 5.02 Å². The largest absolute Gasteiger partial charge is 0.479 e. The summed E-state index contributed by atoms with van der Waals surface area (Å²) >= 11 is 12.2. The van der Waals surface area contributed by atoms with Gasteiger partial charge in [0.2, 0.25) is 0 Å². The van der Waals surface area contributed by atoms with Crippen molar-refractivity contribution in [2.24, 2.45) is 0 Å². The number of halogens is 2. The Kier molecular flexibility index (Phi) is 6.80. The van der Waals surface area contributed by atoms with Crippen molar-refractivity contribution in [3.05, 3.63) is 82.8 Å². The summed E-state index contributed by atoms with van der Waals surface area (Å²) in [4.78, 5) is 12.8. The van der Waals surface area contributed by atoms with Crippen LogP contribution in [0.4, 0.5) is 5.69 Å². The van der Waals surface area contributed by atoms with Crippen LogP contribution in [0.25, 0.3) is 0 Å². The summed E-state index contributed by atoms with van der Waals surface area (Å²) in [5, 5.41) is 3.78. The van der Waals surface area contributed by atoms with Gasteiger partial charge in [-0.2, -0.15) is 0 Å². The number of amides is 1. The van der Waals surface area contributed by atoms with E-state index in [0.29, 0.717) is 39.4 Å². The van der Waals surface area contributed by atoms with Crippen LogP contribution in [0.1, 0.15) is 13.3 Å². The van der Waals surface area contributed by atoms with E-state index in [2.05, 4.69) is 5.32 Å². The summed E-state index contributed by atoms with van der Waals surface area (Å²) in [6.45, 7) is 1.86. The molecule has 0 spiro atoms. The molecule has 0 unspecified atom stereocenters. The highest BCUT2D eigenvalue weighted by Crippen LogP contribution is 2.32. The fraction of sp³-hybridized carbons (Fsp3) is 0.136. The Morgan fingerprint density at radius 3 is 2.39 bits per heavy atom. The Bertz CT molecular complexity index is 948. The molecule has 0 saturated heterocycles. The topological polar surface area (TPSA) is 47.6 Å². The molecule has 0 fully saturated rings. The minimum atomic E-state index is -0.719. The molecule has 0 heterocycles. The van der Waals surface area contributed by atoms with Crippen LogP contribution in [0.15, 0.2) is 72.8 Å². The molecule has 0 aliphatic carbocycles. The quantitative estimate of drug-likeness (QED) is 0.473. The third kappa shape index (κ3) is 5.18. The molecule has 3 aromatic carbocycles. The first-order chi connectivity index (χ1) is 13.6. The number of carbonyl (C=O) groups is 1. The molecule has 28 heavy (non-hydrogen) atoms. The van der Waals surface area contributed by atoms with Gasteiger partial charge in [0.05, 0.1) is 10.7 Å². The molecule has 0 aliphatic rings. The maximum atomic E-state index is 12.8. The molecule has 3 rings (SSSR count). The van der Waals surface area contributed by atoms with Crippen LogP contribution in [-0.2, 0) is 4.79 Å². The van der Waals surface area contributed by atoms with Gasteiger partial charge in [-0.15, -0.1) is 0 Å². The summed E-state index contributed by atoms with van der Waals surface area (Å²) in [5.41, 5.74) is 0.461. The second-order valence-corrected chi connectivity index (χ2v) is 6.83. The van der Waals surface area contributed by atoms with E-state index in [9.17, 15) is 4.79 Å². The third-order valence-corrected chi connectivity index (χ3v) is 4.49. The van der Waals surface area contributed by atoms with Crippen LogP contribution in [0, 0.1) is 0 Å². The first-order valence-corrected chi connectivity index (χ1v) is 9.57. The zero-order valence-electron chi connectivity index (χ0n) is 15.2. The molecule has 1 amide bonds. The zero-order chi connectivity index (χ0) is 19.9. The number of benzene rings is 3. The SMILES string of the molecule is CC[C@@H](Oc1ccccc1Cl)C(=O)Nc1cc(Cl)ccc1Oc1ccccc1. The summed E-state index contributed by atoms with van der Waals surface area (Å²) in [6.07, 6.45) is -0.254. The van der Waals surface area contributed by atoms with Crippen molar-refractivity contribution in [2.75, 3.05) is 5.32 Å². The lowest BCUT2D eigenvalue weighted by atomic mass is 10.2. The summed E-state index contributed by atoms with van der Waals surface area (Å²) in [5.74, 6) is 1.27. The van der Waals surface area contributed by atoms with Crippen molar-refractivity contribution in [1.82, 2.24) is 0 Å². The lowest BCUT2D eigenvalue weighted by Gasteiger charge is -2.19. The van der Waals surface area contributed by atoms with E-state index in [0.717, 1.165) is 0 Å². The Morgan fingerprint density at radius 2 is 1.68 bits per heavy atom. The molecule has 0 saturated carbocycles. The number of nitrogens with one attached hydrogen (secondary N) is 1. The Morgan fingerprint density at radius 1 is 0.964 bits per heavy atom. The zero-order valence-corrected chi connectivity index (χ0v) is 16.7. The first kappa shape index (κ1) is 20.1. The highest BCUT2D eigenvalue weighted by molar-refractivity contribution is 6.32. The van der Waals surface area contributed by atoms with Gasteiger partial charge >= 0.3 is 0 Å². The van der Waals surface area contributed by atoms with E-state index >= 15 is 0 Å². The van der Waals surface area contributed by atoms with Gasteiger partial charge in [-0.1, -0.05) is 60.5 Å². The Balaban J connectivity index is 1.78. The predicted molar refractivity (Wildman–Crippen MR) is 113 cm³/mol. The van der Waals surface area contributed by atoms with Crippen LogP contribution < -0.4 is 14.8 Å². The van der Waals surface area contributed by atoms with Crippen molar-refractivity contribution in [2.45, 2.75) is 19.4 Å². The fourth-order valence-corrected chi connectivity index (χ4v) is 2.89.